The Bertz CT molecular complexity index is 810. The van der Waals surface area contributed by atoms with Crippen molar-refractivity contribution in [2.45, 2.75) is 25.6 Å². The second-order valence-corrected chi connectivity index (χ2v) is 7.21. The molecule has 6 nitrogen and oxygen atoms in total. The summed E-state index contributed by atoms with van der Waals surface area (Å²) in [5.41, 5.74) is 1.05. The Morgan fingerprint density at radius 1 is 1.40 bits per heavy atom. The van der Waals surface area contributed by atoms with Crippen LogP contribution in [0.3, 0.4) is 0 Å². The number of amides is 1. The first-order valence-electron chi connectivity index (χ1n) is 8.35. The van der Waals surface area contributed by atoms with Gasteiger partial charge in [0, 0.05) is 30.7 Å². The fourth-order valence-electron chi connectivity index (χ4n) is 3.20. The number of aromatic nitrogens is 2. The highest BCUT2D eigenvalue weighted by Crippen LogP contribution is 2.23. The van der Waals surface area contributed by atoms with Crippen molar-refractivity contribution in [3.63, 3.8) is 0 Å². The second kappa shape index (κ2) is 7.25. The number of hydrogen-bond donors (Lipinski definition) is 1. The molecule has 0 saturated heterocycles. The number of nitrogens with zero attached hydrogens (tertiary/aromatic N) is 3. The van der Waals surface area contributed by atoms with E-state index in [0.29, 0.717) is 19.6 Å². The fraction of sp³-hybridized carbons (Fsp3) is 0.333. The molecule has 4 rings (SSSR count). The van der Waals surface area contributed by atoms with E-state index in [1.54, 1.807) is 23.9 Å². The van der Waals surface area contributed by atoms with Gasteiger partial charge in [0.25, 0.3) is 0 Å². The van der Waals surface area contributed by atoms with Gasteiger partial charge in [0.05, 0.1) is 24.8 Å². The van der Waals surface area contributed by atoms with Gasteiger partial charge >= 0.3 is 0 Å². The monoisotopic (exact) mass is 356 g/mol. The van der Waals surface area contributed by atoms with Crippen molar-refractivity contribution in [3.05, 3.63) is 64.8 Å². The molecule has 0 bridgehead atoms. The van der Waals surface area contributed by atoms with E-state index >= 15 is 0 Å². The minimum Gasteiger partial charge on any atom is -0.468 e. The molecule has 1 aliphatic rings. The van der Waals surface area contributed by atoms with Gasteiger partial charge in [0.2, 0.25) is 5.91 Å². The Kier molecular flexibility index (Phi) is 4.67. The van der Waals surface area contributed by atoms with E-state index in [1.165, 1.54) is 4.88 Å². The van der Waals surface area contributed by atoms with E-state index in [2.05, 4.69) is 26.6 Å². The van der Waals surface area contributed by atoms with Crippen molar-refractivity contribution >= 4 is 17.2 Å². The highest BCUT2D eigenvalue weighted by atomic mass is 32.1. The molecule has 4 heterocycles. The molecule has 1 aliphatic heterocycles. The predicted molar refractivity (Wildman–Crippen MR) is 95.1 cm³/mol. The van der Waals surface area contributed by atoms with Crippen molar-refractivity contribution in [1.82, 2.24) is 19.8 Å². The third kappa shape index (κ3) is 3.67. The number of imidazole rings is 1. The molecule has 0 radical (unpaired) electrons. The van der Waals surface area contributed by atoms with Crippen LogP contribution in [-0.2, 0) is 24.3 Å². The van der Waals surface area contributed by atoms with E-state index < -0.39 is 0 Å². The average molecular weight is 356 g/mol. The largest absolute Gasteiger partial charge is 0.468 e. The number of rotatable bonds is 6. The zero-order valence-corrected chi connectivity index (χ0v) is 14.6. The summed E-state index contributed by atoms with van der Waals surface area (Å²) in [6, 6.07) is 7.72. The first kappa shape index (κ1) is 16.1. The molecular weight excluding hydrogens is 336 g/mol. The van der Waals surface area contributed by atoms with Gasteiger partial charge in [-0.1, -0.05) is 6.07 Å². The lowest BCUT2D eigenvalue weighted by molar-refractivity contribution is -0.125. The van der Waals surface area contributed by atoms with Gasteiger partial charge < -0.3 is 14.3 Å². The third-order valence-electron chi connectivity index (χ3n) is 4.41. The number of carbonyl (C=O) groups is 1. The van der Waals surface area contributed by atoms with Gasteiger partial charge in [0.15, 0.2) is 0 Å². The van der Waals surface area contributed by atoms with Crippen LogP contribution in [0.15, 0.2) is 52.9 Å². The van der Waals surface area contributed by atoms with Gasteiger partial charge in [0.1, 0.15) is 11.8 Å². The zero-order chi connectivity index (χ0) is 17.1. The summed E-state index contributed by atoms with van der Waals surface area (Å²) in [7, 11) is 0. The van der Waals surface area contributed by atoms with Crippen LogP contribution in [0.4, 0.5) is 0 Å². The van der Waals surface area contributed by atoms with Crippen molar-refractivity contribution in [1.29, 1.82) is 0 Å². The molecule has 1 unspecified atom stereocenters. The van der Waals surface area contributed by atoms with E-state index in [0.717, 1.165) is 24.4 Å². The Morgan fingerprint density at radius 3 is 3.16 bits per heavy atom. The Balaban J connectivity index is 1.41. The number of thiophene rings is 1. The normalized spacial score (nSPS) is 17.4. The summed E-state index contributed by atoms with van der Waals surface area (Å²) in [6.45, 7) is 2.75. The highest BCUT2D eigenvalue weighted by molar-refractivity contribution is 7.09. The van der Waals surface area contributed by atoms with E-state index in [-0.39, 0.29) is 11.9 Å². The maximum atomic E-state index is 12.7. The number of furan rings is 1. The quantitative estimate of drug-likeness (QED) is 0.737. The molecule has 0 aromatic carbocycles. The minimum atomic E-state index is -0.260. The molecule has 3 aromatic rings. The summed E-state index contributed by atoms with van der Waals surface area (Å²) in [4.78, 5) is 20.5. The first-order valence-corrected chi connectivity index (χ1v) is 9.23. The lowest BCUT2D eigenvalue weighted by Crippen LogP contribution is -2.44. The van der Waals surface area contributed by atoms with Crippen LogP contribution in [0.2, 0.25) is 0 Å². The van der Waals surface area contributed by atoms with Crippen LogP contribution in [0.1, 0.15) is 22.4 Å². The minimum absolute atomic E-state index is 0.0416. The van der Waals surface area contributed by atoms with Crippen LogP contribution >= 0.6 is 11.3 Å². The highest BCUT2D eigenvalue weighted by Gasteiger charge is 2.30. The standard InChI is InChI=1S/C18H20N4O2S/c23-18(20-6-5-16-4-2-8-25-16)17-12-21(11-15-3-1-7-24-15)10-14-9-19-13-22(14)17/h1-4,7-9,13,17H,5-6,10-12H2,(H,20,23). The summed E-state index contributed by atoms with van der Waals surface area (Å²) in [6.07, 6.45) is 6.13. The van der Waals surface area contributed by atoms with Crippen molar-refractivity contribution in [2.24, 2.45) is 0 Å². The molecule has 130 valence electrons. The van der Waals surface area contributed by atoms with Crippen LogP contribution in [0.25, 0.3) is 0 Å². The molecule has 0 fully saturated rings. The molecule has 25 heavy (non-hydrogen) atoms. The molecule has 3 aromatic heterocycles. The van der Waals surface area contributed by atoms with Crippen LogP contribution < -0.4 is 5.32 Å². The summed E-state index contributed by atoms with van der Waals surface area (Å²) < 4.78 is 7.43. The Hall–Kier alpha value is -2.38. The van der Waals surface area contributed by atoms with Gasteiger partial charge in [-0.2, -0.15) is 0 Å². The van der Waals surface area contributed by atoms with Crippen LogP contribution in [0.5, 0.6) is 0 Å². The first-order chi connectivity index (χ1) is 12.3. The van der Waals surface area contributed by atoms with Crippen molar-refractivity contribution in [2.75, 3.05) is 13.1 Å². The Morgan fingerprint density at radius 2 is 2.36 bits per heavy atom. The van der Waals surface area contributed by atoms with Crippen LogP contribution in [-0.4, -0.2) is 33.4 Å². The summed E-state index contributed by atoms with van der Waals surface area (Å²) in [5.74, 6) is 0.949. The lowest BCUT2D eigenvalue weighted by atomic mass is 10.1. The maximum absolute atomic E-state index is 12.7. The predicted octanol–water partition coefficient (Wildman–Crippen LogP) is 2.45. The smallest absolute Gasteiger partial charge is 0.244 e. The third-order valence-corrected chi connectivity index (χ3v) is 5.35. The van der Waals surface area contributed by atoms with Gasteiger partial charge in [-0.25, -0.2) is 4.98 Å². The van der Waals surface area contributed by atoms with Gasteiger partial charge in [-0.05, 0) is 30.0 Å². The van der Waals surface area contributed by atoms with Gasteiger partial charge in [-0.3, -0.25) is 9.69 Å². The molecule has 7 heteroatoms. The second-order valence-electron chi connectivity index (χ2n) is 6.18. The average Bonchev–Trinajstić information content (AvgIpc) is 3.36. The fourth-order valence-corrected chi connectivity index (χ4v) is 3.90. The molecular formula is C18H20N4O2S. The molecule has 0 aliphatic carbocycles. The number of carbonyl (C=O) groups excluding carboxylic acids is 1. The van der Waals surface area contributed by atoms with Crippen molar-refractivity contribution < 1.29 is 9.21 Å². The zero-order valence-electron chi connectivity index (χ0n) is 13.8. The van der Waals surface area contributed by atoms with Gasteiger partial charge in [-0.15, -0.1) is 11.3 Å². The maximum Gasteiger partial charge on any atom is 0.244 e. The SMILES string of the molecule is O=C(NCCc1cccs1)C1CN(Cc2ccco2)Cc2cncn21. The van der Waals surface area contributed by atoms with E-state index in [1.807, 2.05) is 29.0 Å². The summed E-state index contributed by atoms with van der Waals surface area (Å²) >= 11 is 1.72. The number of fused-ring (bicyclic) bond motifs is 1. The molecule has 0 spiro atoms. The molecule has 0 saturated carbocycles. The van der Waals surface area contributed by atoms with Crippen molar-refractivity contribution in [3.8, 4) is 0 Å². The summed E-state index contributed by atoms with van der Waals surface area (Å²) in [5, 5.41) is 5.13. The molecule has 1 atom stereocenters. The number of nitrogens with one attached hydrogen (secondary N) is 1. The Labute approximate surface area is 150 Å². The topological polar surface area (TPSA) is 63.3 Å². The number of hydrogen-bond acceptors (Lipinski definition) is 5. The molecule has 1 amide bonds. The molecule has 1 N–H and O–H groups in total. The van der Waals surface area contributed by atoms with E-state index in [4.69, 9.17) is 4.42 Å². The lowest BCUT2D eigenvalue weighted by Gasteiger charge is -2.33. The van der Waals surface area contributed by atoms with Crippen LogP contribution in [0, 0.1) is 0 Å². The van der Waals surface area contributed by atoms with E-state index in [9.17, 15) is 4.79 Å².